The first-order chi connectivity index (χ1) is 13.0. The molecule has 1 aromatic rings. The number of aliphatic hydroxyl groups excluding tert-OH is 1. The van der Waals surface area contributed by atoms with E-state index in [1.165, 1.54) is 24.3 Å². The molecule has 1 unspecified atom stereocenters. The van der Waals surface area contributed by atoms with Gasteiger partial charge in [-0.15, -0.1) is 13.2 Å². The zero-order valence-electron chi connectivity index (χ0n) is 15.4. The number of nitrogens with one attached hydrogen (secondary N) is 1. The number of ether oxygens (including phenoxy) is 2. The van der Waals surface area contributed by atoms with Crippen molar-refractivity contribution in [2.45, 2.75) is 18.9 Å². The topological polar surface area (TPSA) is 84.9 Å². The smallest absolute Gasteiger partial charge is 0.335 e. The summed E-state index contributed by atoms with van der Waals surface area (Å²) in [4.78, 5) is 23.8. The molecule has 0 bridgehead atoms. The van der Waals surface area contributed by atoms with Gasteiger partial charge in [0, 0.05) is 18.7 Å². The van der Waals surface area contributed by atoms with E-state index in [4.69, 9.17) is 9.47 Å². The first-order valence-corrected chi connectivity index (χ1v) is 8.46. The summed E-state index contributed by atoms with van der Waals surface area (Å²) in [6, 6.07) is 4.55. The molecule has 0 saturated carbocycles. The Morgan fingerprint density at radius 3 is 2.15 bits per heavy atom. The molecule has 2 N–H and O–H groups in total. The van der Waals surface area contributed by atoms with Gasteiger partial charge in [-0.25, -0.2) is 9.59 Å². The van der Waals surface area contributed by atoms with Crippen LogP contribution < -0.4 is 14.8 Å². The lowest BCUT2D eigenvalue weighted by atomic mass is 10.1. The summed E-state index contributed by atoms with van der Waals surface area (Å²) in [6.45, 7) is 7.43. The van der Waals surface area contributed by atoms with E-state index in [2.05, 4.69) is 18.5 Å². The second-order valence-corrected chi connectivity index (χ2v) is 5.48. The fourth-order valence-corrected chi connectivity index (χ4v) is 2.01. The Morgan fingerprint density at radius 1 is 1.07 bits per heavy atom. The van der Waals surface area contributed by atoms with E-state index in [-0.39, 0.29) is 11.5 Å². The highest BCUT2D eigenvalue weighted by atomic mass is 16.6. The highest BCUT2D eigenvalue weighted by Crippen LogP contribution is 2.31. The summed E-state index contributed by atoms with van der Waals surface area (Å²) in [7, 11) is 1.71. The molecule has 0 spiro atoms. The predicted octanol–water partition coefficient (Wildman–Crippen LogP) is 3.01. The number of benzene rings is 1. The molecular weight excluding hydrogens is 346 g/mol. The minimum atomic E-state index is -0.805. The molecule has 0 fully saturated rings. The van der Waals surface area contributed by atoms with E-state index in [0.717, 1.165) is 0 Å². The molecule has 6 nitrogen and oxygen atoms in total. The third kappa shape index (κ3) is 8.31. The van der Waals surface area contributed by atoms with Gasteiger partial charge in [0.1, 0.15) is 0 Å². The van der Waals surface area contributed by atoms with Crippen LogP contribution in [-0.2, 0) is 9.59 Å². The quantitative estimate of drug-likeness (QED) is 0.269. The van der Waals surface area contributed by atoms with Gasteiger partial charge in [-0.3, -0.25) is 0 Å². The number of hydrogen-bond donors (Lipinski definition) is 2. The molecule has 0 aliphatic heterocycles. The van der Waals surface area contributed by atoms with Crippen LogP contribution in [0.15, 0.2) is 67.8 Å². The number of rotatable bonds is 11. The van der Waals surface area contributed by atoms with Crippen molar-refractivity contribution in [2.24, 2.45) is 0 Å². The van der Waals surface area contributed by atoms with E-state index in [9.17, 15) is 14.7 Å². The van der Waals surface area contributed by atoms with Crippen molar-refractivity contribution in [1.82, 2.24) is 5.32 Å². The Kier molecular flexibility index (Phi) is 10.1. The van der Waals surface area contributed by atoms with Crippen LogP contribution in [0, 0.1) is 0 Å². The first-order valence-electron chi connectivity index (χ1n) is 8.46. The SMILES string of the molecule is C=CCC=CC(=O)Oc1ccc(C(O)CNC)cc1OC(=O)C=CCC=C. The van der Waals surface area contributed by atoms with Crippen LogP contribution in [-0.4, -0.2) is 30.6 Å². The van der Waals surface area contributed by atoms with Gasteiger partial charge in [0.25, 0.3) is 0 Å². The van der Waals surface area contributed by atoms with Crippen molar-refractivity contribution in [3.8, 4) is 11.5 Å². The fraction of sp³-hybridized carbons (Fsp3) is 0.238. The molecule has 0 aliphatic rings. The second kappa shape index (κ2) is 12.4. The second-order valence-electron chi connectivity index (χ2n) is 5.48. The Labute approximate surface area is 159 Å². The minimum absolute atomic E-state index is 0.0429. The van der Waals surface area contributed by atoms with Crippen LogP contribution in [0.25, 0.3) is 0 Å². The van der Waals surface area contributed by atoms with E-state index in [1.54, 1.807) is 37.4 Å². The van der Waals surface area contributed by atoms with Crippen molar-refractivity contribution in [2.75, 3.05) is 13.6 Å². The zero-order valence-corrected chi connectivity index (χ0v) is 15.4. The average molecular weight is 371 g/mol. The van der Waals surface area contributed by atoms with E-state index in [1.807, 2.05) is 0 Å². The summed E-state index contributed by atoms with van der Waals surface area (Å²) >= 11 is 0. The standard InChI is InChI=1S/C21H25NO5/c1-4-6-8-10-20(24)26-18-13-12-16(17(23)15-22-3)14-19(18)27-21(25)11-9-7-5-2/h4-5,8-14,17,22-23H,1-2,6-7,15H2,3H3. The molecule has 27 heavy (non-hydrogen) atoms. The van der Waals surface area contributed by atoms with E-state index in [0.29, 0.717) is 24.9 Å². The zero-order chi connectivity index (χ0) is 20.1. The van der Waals surface area contributed by atoms with Gasteiger partial charge in [0.05, 0.1) is 6.10 Å². The van der Waals surface area contributed by atoms with Crippen LogP contribution in [0.4, 0.5) is 0 Å². The van der Waals surface area contributed by atoms with Gasteiger partial charge in [0.2, 0.25) is 0 Å². The monoisotopic (exact) mass is 371 g/mol. The van der Waals surface area contributed by atoms with Gasteiger partial charge < -0.3 is 19.9 Å². The lowest BCUT2D eigenvalue weighted by Crippen LogP contribution is -2.17. The summed E-state index contributed by atoms with van der Waals surface area (Å²) in [5.41, 5.74) is 0.518. The summed E-state index contributed by atoms with van der Waals surface area (Å²) in [6.07, 6.45) is 9.25. The summed E-state index contributed by atoms with van der Waals surface area (Å²) in [5.74, 6) is -1.12. The highest BCUT2D eigenvalue weighted by Gasteiger charge is 2.15. The maximum atomic E-state index is 12.0. The third-order valence-electron chi connectivity index (χ3n) is 3.28. The lowest BCUT2D eigenvalue weighted by Gasteiger charge is -2.14. The molecule has 0 heterocycles. The number of likely N-dealkylation sites (N-methyl/N-ethyl adjacent to an activating group) is 1. The van der Waals surface area contributed by atoms with Crippen LogP contribution in [0.1, 0.15) is 24.5 Å². The highest BCUT2D eigenvalue weighted by molar-refractivity contribution is 5.86. The molecule has 1 rings (SSSR count). The number of aliphatic hydroxyl groups is 1. The van der Waals surface area contributed by atoms with Crippen molar-refractivity contribution >= 4 is 11.9 Å². The van der Waals surface area contributed by atoms with Gasteiger partial charge in [0.15, 0.2) is 11.5 Å². The Balaban J connectivity index is 3.05. The normalized spacial score (nSPS) is 12.1. The molecule has 0 aromatic heterocycles. The third-order valence-corrected chi connectivity index (χ3v) is 3.28. The van der Waals surface area contributed by atoms with Gasteiger partial charge in [-0.05, 0) is 37.6 Å². The molecule has 0 aliphatic carbocycles. The van der Waals surface area contributed by atoms with Crippen LogP contribution in [0.5, 0.6) is 11.5 Å². The fourth-order valence-electron chi connectivity index (χ4n) is 2.01. The molecule has 0 radical (unpaired) electrons. The van der Waals surface area contributed by atoms with E-state index >= 15 is 0 Å². The maximum Gasteiger partial charge on any atom is 0.335 e. The molecule has 0 saturated heterocycles. The average Bonchev–Trinajstić information content (AvgIpc) is 2.63. The number of carbonyl (C=O) groups is 2. The van der Waals surface area contributed by atoms with Crippen molar-refractivity contribution in [1.29, 1.82) is 0 Å². The van der Waals surface area contributed by atoms with Gasteiger partial charge in [-0.2, -0.15) is 0 Å². The van der Waals surface area contributed by atoms with Crippen LogP contribution in [0.2, 0.25) is 0 Å². The lowest BCUT2D eigenvalue weighted by molar-refractivity contribution is -0.131. The molecule has 1 atom stereocenters. The minimum Gasteiger partial charge on any atom is -0.419 e. The first kappa shape index (κ1) is 22.1. The van der Waals surface area contributed by atoms with Crippen LogP contribution in [0.3, 0.4) is 0 Å². The Bertz CT molecular complexity index is 721. The Morgan fingerprint density at radius 2 is 1.63 bits per heavy atom. The molecule has 1 aromatic carbocycles. The summed E-state index contributed by atoms with van der Waals surface area (Å²) < 4.78 is 10.5. The van der Waals surface area contributed by atoms with Gasteiger partial charge in [-0.1, -0.05) is 30.4 Å². The molecule has 144 valence electrons. The number of esters is 2. The Hall–Kier alpha value is -2.96. The molecule has 0 amide bonds. The molecule has 6 heteroatoms. The summed E-state index contributed by atoms with van der Waals surface area (Å²) in [5, 5.41) is 13.0. The number of hydrogen-bond acceptors (Lipinski definition) is 6. The van der Waals surface area contributed by atoms with Gasteiger partial charge >= 0.3 is 11.9 Å². The molecular formula is C21H25NO5. The van der Waals surface area contributed by atoms with Crippen LogP contribution >= 0.6 is 0 Å². The largest absolute Gasteiger partial charge is 0.419 e. The maximum absolute atomic E-state index is 12.0. The van der Waals surface area contributed by atoms with E-state index < -0.39 is 18.0 Å². The number of carbonyl (C=O) groups excluding carboxylic acids is 2. The van der Waals surface area contributed by atoms with Crippen molar-refractivity contribution in [3.63, 3.8) is 0 Å². The number of allylic oxidation sites excluding steroid dienone is 4. The predicted molar refractivity (Wildman–Crippen MR) is 105 cm³/mol. The van der Waals surface area contributed by atoms with Crippen molar-refractivity contribution < 1.29 is 24.2 Å². The van der Waals surface area contributed by atoms with Crippen molar-refractivity contribution in [3.05, 3.63) is 73.4 Å².